The minimum absolute atomic E-state index is 0.0418. The number of nitrogens with two attached hydrogens (primary N) is 1. The minimum Gasteiger partial charge on any atom is -0.297 e. The molecule has 1 aliphatic rings. The Morgan fingerprint density at radius 3 is 2.44 bits per heavy atom. The zero-order valence-electron chi connectivity index (χ0n) is 9.04. The number of carbonyl (C=O) groups excluding carboxylic acids is 1. The van der Waals surface area contributed by atoms with Crippen LogP contribution in [0.1, 0.15) is 6.42 Å². The highest BCUT2D eigenvalue weighted by atomic mass is 32.2. The third-order valence-corrected chi connectivity index (χ3v) is 3.84. The van der Waals surface area contributed by atoms with Crippen molar-refractivity contribution in [3.63, 3.8) is 0 Å². The first-order chi connectivity index (χ1) is 8.27. The van der Waals surface area contributed by atoms with E-state index in [-0.39, 0.29) is 18.8 Å². The van der Waals surface area contributed by atoms with Gasteiger partial charge in [0.05, 0.1) is 0 Å². The van der Waals surface area contributed by atoms with Crippen LogP contribution in [-0.4, -0.2) is 36.1 Å². The summed E-state index contributed by atoms with van der Waals surface area (Å²) in [5.41, 5.74) is -1.45. The zero-order chi connectivity index (χ0) is 13.5. The standard InChI is InChI=1S/C8H10N4O5S/c9-18(16,17)4-1-7(14)12(3-4)5-2-6(13)11-8(15)10-5/h2,4H,1,3H2,(H2,9,16,17)(H2,10,11,13,15). The fourth-order valence-corrected chi connectivity index (χ4v) is 2.46. The molecule has 18 heavy (non-hydrogen) atoms. The van der Waals surface area contributed by atoms with Gasteiger partial charge >= 0.3 is 5.69 Å². The number of nitrogens with one attached hydrogen (secondary N) is 2. The normalized spacial score (nSPS) is 20.4. The van der Waals surface area contributed by atoms with E-state index in [4.69, 9.17) is 5.14 Å². The predicted molar refractivity (Wildman–Crippen MR) is 61.5 cm³/mol. The molecule has 10 heteroatoms. The molecule has 0 bridgehead atoms. The monoisotopic (exact) mass is 274 g/mol. The topological polar surface area (TPSA) is 146 Å². The number of rotatable bonds is 2. The number of sulfonamides is 1. The molecule has 0 saturated carbocycles. The van der Waals surface area contributed by atoms with E-state index in [9.17, 15) is 22.8 Å². The van der Waals surface area contributed by atoms with E-state index in [0.717, 1.165) is 11.0 Å². The Morgan fingerprint density at radius 2 is 1.94 bits per heavy atom. The fourth-order valence-electron chi connectivity index (χ4n) is 1.73. The van der Waals surface area contributed by atoms with Crippen LogP contribution in [0, 0.1) is 0 Å². The number of nitrogens with zero attached hydrogens (tertiary/aromatic N) is 1. The molecule has 1 fully saturated rings. The molecule has 1 saturated heterocycles. The van der Waals surface area contributed by atoms with Crippen LogP contribution in [0.5, 0.6) is 0 Å². The van der Waals surface area contributed by atoms with Crippen molar-refractivity contribution in [3.05, 3.63) is 26.9 Å². The predicted octanol–water partition coefficient (Wildman–Crippen LogP) is -2.54. The molecular formula is C8H10N4O5S. The molecule has 2 heterocycles. The summed E-state index contributed by atoms with van der Waals surface area (Å²) in [6, 6.07) is 1.00. The van der Waals surface area contributed by atoms with E-state index in [1.807, 2.05) is 4.98 Å². The lowest BCUT2D eigenvalue weighted by molar-refractivity contribution is -0.117. The summed E-state index contributed by atoms with van der Waals surface area (Å²) < 4.78 is 22.3. The molecule has 0 aliphatic carbocycles. The van der Waals surface area contributed by atoms with Gasteiger partial charge in [-0.25, -0.2) is 18.4 Å². The average Bonchev–Trinajstić information content (AvgIpc) is 2.58. The van der Waals surface area contributed by atoms with E-state index in [1.54, 1.807) is 0 Å². The van der Waals surface area contributed by atoms with Gasteiger partial charge in [-0.1, -0.05) is 0 Å². The molecule has 0 radical (unpaired) electrons. The minimum atomic E-state index is -3.84. The highest BCUT2D eigenvalue weighted by Gasteiger charge is 2.37. The second kappa shape index (κ2) is 4.07. The maximum atomic E-state index is 11.6. The molecule has 9 nitrogen and oxygen atoms in total. The van der Waals surface area contributed by atoms with Crippen molar-refractivity contribution < 1.29 is 13.2 Å². The van der Waals surface area contributed by atoms with Gasteiger partial charge in [0.25, 0.3) is 5.56 Å². The number of anilines is 1. The Labute approximate surface area is 101 Å². The van der Waals surface area contributed by atoms with Crippen LogP contribution >= 0.6 is 0 Å². The van der Waals surface area contributed by atoms with Gasteiger partial charge in [-0.15, -0.1) is 0 Å². The number of hydrogen-bond acceptors (Lipinski definition) is 5. The first-order valence-electron chi connectivity index (χ1n) is 4.93. The molecule has 1 unspecified atom stereocenters. The number of H-pyrrole nitrogens is 2. The van der Waals surface area contributed by atoms with Crippen molar-refractivity contribution in [1.29, 1.82) is 0 Å². The summed E-state index contributed by atoms with van der Waals surface area (Å²) in [5.74, 6) is -0.560. The van der Waals surface area contributed by atoms with Crippen LogP contribution in [-0.2, 0) is 14.8 Å². The fraction of sp³-hybridized carbons (Fsp3) is 0.375. The van der Waals surface area contributed by atoms with Crippen LogP contribution in [0.15, 0.2) is 15.7 Å². The maximum Gasteiger partial charge on any atom is 0.327 e. The van der Waals surface area contributed by atoms with Gasteiger partial charge in [0.15, 0.2) is 0 Å². The molecule has 1 amide bonds. The molecule has 1 aromatic heterocycles. The summed E-state index contributed by atoms with van der Waals surface area (Å²) in [6.45, 7) is -0.183. The van der Waals surface area contributed by atoms with Crippen molar-refractivity contribution >= 4 is 21.7 Å². The molecule has 0 aromatic carbocycles. The lowest BCUT2D eigenvalue weighted by Crippen LogP contribution is -2.34. The number of aromatic amines is 2. The number of primary sulfonamides is 1. The highest BCUT2D eigenvalue weighted by Crippen LogP contribution is 2.20. The number of carbonyl (C=O) groups is 1. The molecular weight excluding hydrogens is 264 g/mol. The zero-order valence-corrected chi connectivity index (χ0v) is 9.86. The van der Waals surface area contributed by atoms with Gasteiger partial charge in [-0.05, 0) is 0 Å². The Kier molecular flexibility index (Phi) is 2.83. The van der Waals surface area contributed by atoms with Gasteiger partial charge in [0.2, 0.25) is 15.9 Å². The third-order valence-electron chi connectivity index (χ3n) is 2.59. The maximum absolute atomic E-state index is 11.6. The molecule has 2 rings (SSSR count). The summed E-state index contributed by atoms with van der Waals surface area (Å²) in [5, 5.41) is 3.92. The largest absolute Gasteiger partial charge is 0.327 e. The average molecular weight is 274 g/mol. The summed E-state index contributed by atoms with van der Waals surface area (Å²) in [4.78, 5) is 39.0. The second-order valence-electron chi connectivity index (χ2n) is 3.89. The lowest BCUT2D eigenvalue weighted by atomic mass is 10.4. The van der Waals surface area contributed by atoms with Gasteiger partial charge in [-0.3, -0.25) is 24.5 Å². The molecule has 1 aromatic rings. The van der Waals surface area contributed by atoms with Gasteiger partial charge < -0.3 is 0 Å². The van der Waals surface area contributed by atoms with Crippen LogP contribution in [0.25, 0.3) is 0 Å². The van der Waals surface area contributed by atoms with Crippen LogP contribution < -0.4 is 21.3 Å². The van der Waals surface area contributed by atoms with E-state index in [0.29, 0.717) is 0 Å². The van der Waals surface area contributed by atoms with Gasteiger partial charge in [0.1, 0.15) is 11.1 Å². The van der Waals surface area contributed by atoms with Crippen LogP contribution in [0.4, 0.5) is 5.82 Å². The highest BCUT2D eigenvalue weighted by molar-refractivity contribution is 7.89. The van der Waals surface area contributed by atoms with Gasteiger partial charge in [-0.2, -0.15) is 0 Å². The summed E-state index contributed by atoms with van der Waals surface area (Å²) in [6.07, 6.45) is -0.270. The Bertz CT molecular complexity index is 674. The van der Waals surface area contributed by atoms with E-state index in [1.165, 1.54) is 0 Å². The summed E-state index contributed by atoms with van der Waals surface area (Å²) in [7, 11) is -3.84. The Morgan fingerprint density at radius 1 is 1.28 bits per heavy atom. The number of amides is 1. The van der Waals surface area contributed by atoms with Crippen molar-refractivity contribution in [1.82, 2.24) is 9.97 Å². The first kappa shape index (κ1) is 12.5. The smallest absolute Gasteiger partial charge is 0.297 e. The number of hydrogen-bond donors (Lipinski definition) is 3. The summed E-state index contributed by atoms with van der Waals surface area (Å²) >= 11 is 0. The molecule has 1 atom stereocenters. The first-order valence-corrected chi connectivity index (χ1v) is 6.54. The van der Waals surface area contributed by atoms with Crippen molar-refractivity contribution in [2.75, 3.05) is 11.4 Å². The van der Waals surface area contributed by atoms with Crippen molar-refractivity contribution in [2.24, 2.45) is 5.14 Å². The SMILES string of the molecule is NS(=O)(=O)C1CC(=O)N(c2cc(=O)[nH]c(=O)[nH]2)C1. The molecule has 1 aliphatic heterocycles. The Hall–Kier alpha value is -1.94. The van der Waals surface area contributed by atoms with Crippen molar-refractivity contribution in [3.8, 4) is 0 Å². The van der Waals surface area contributed by atoms with Crippen LogP contribution in [0.2, 0.25) is 0 Å². The second-order valence-corrected chi connectivity index (χ2v) is 5.74. The molecule has 98 valence electrons. The third kappa shape index (κ3) is 2.33. The lowest BCUT2D eigenvalue weighted by Gasteiger charge is -2.14. The van der Waals surface area contributed by atoms with E-state index < -0.39 is 32.4 Å². The van der Waals surface area contributed by atoms with Crippen molar-refractivity contribution in [2.45, 2.75) is 11.7 Å². The quantitative estimate of drug-likeness (QED) is 0.543. The van der Waals surface area contributed by atoms with Crippen LogP contribution in [0.3, 0.4) is 0 Å². The Balaban J connectivity index is 2.38. The number of aromatic nitrogens is 2. The molecule has 4 N–H and O–H groups in total. The molecule has 0 spiro atoms. The van der Waals surface area contributed by atoms with Gasteiger partial charge in [0, 0.05) is 19.0 Å². The van der Waals surface area contributed by atoms with E-state index >= 15 is 0 Å². The van der Waals surface area contributed by atoms with E-state index in [2.05, 4.69) is 4.98 Å².